The van der Waals surface area contributed by atoms with E-state index in [4.69, 9.17) is 21.1 Å². The van der Waals surface area contributed by atoms with E-state index in [2.05, 4.69) is 0 Å². The molecule has 0 bridgehead atoms. The monoisotopic (exact) mass is 420 g/mol. The van der Waals surface area contributed by atoms with Gasteiger partial charge in [0.05, 0.1) is 6.61 Å². The smallest absolute Gasteiger partial charge is 0.196 e. The third-order valence-electron chi connectivity index (χ3n) is 6.22. The van der Waals surface area contributed by atoms with E-state index >= 15 is 0 Å². The van der Waals surface area contributed by atoms with Gasteiger partial charge in [0.15, 0.2) is 17.0 Å². The van der Waals surface area contributed by atoms with Crippen molar-refractivity contribution < 1.29 is 19.4 Å². The molecule has 0 saturated heterocycles. The van der Waals surface area contributed by atoms with Gasteiger partial charge < -0.3 is 14.6 Å². The highest BCUT2D eigenvalue weighted by Gasteiger charge is 2.73. The molecule has 5 rings (SSSR count). The molecule has 5 heteroatoms. The number of halogens is 1. The highest BCUT2D eigenvalue weighted by molar-refractivity contribution is 6.30. The van der Waals surface area contributed by atoms with Crippen LogP contribution in [-0.4, -0.2) is 17.5 Å². The van der Waals surface area contributed by atoms with E-state index in [1.54, 1.807) is 30.3 Å². The molecule has 152 valence electrons. The van der Waals surface area contributed by atoms with Crippen LogP contribution < -0.4 is 9.47 Å². The zero-order valence-corrected chi connectivity index (χ0v) is 17.2. The molecule has 1 N–H and O–H groups in total. The average Bonchev–Trinajstić information content (AvgIpc) is 3.15. The maximum atomic E-state index is 13.4. The summed E-state index contributed by atoms with van der Waals surface area (Å²) in [7, 11) is 0. The molecule has 1 fully saturated rings. The topological polar surface area (TPSA) is 55.8 Å². The van der Waals surface area contributed by atoms with E-state index in [1.165, 1.54) is 0 Å². The Morgan fingerprint density at radius 2 is 1.83 bits per heavy atom. The molecule has 2 aliphatic rings. The van der Waals surface area contributed by atoms with Gasteiger partial charge in [-0.3, -0.25) is 4.79 Å². The Morgan fingerprint density at radius 1 is 1.10 bits per heavy atom. The molecule has 0 spiro atoms. The standard InChI is InChI=1S/C25H21ClO4/c1-2-29-19-12-13-20-22(14-19)30-25(17-8-10-18(26)11-9-17)21(15-23(27)24(20,25)28)16-6-4-3-5-7-16/h3-14,21,28H,2,15H2,1H3/t21-,24-,25-/m0/s1. The van der Waals surface area contributed by atoms with Crippen molar-refractivity contribution in [1.82, 2.24) is 0 Å². The molecule has 1 heterocycles. The minimum atomic E-state index is -1.80. The largest absolute Gasteiger partial charge is 0.494 e. The fourth-order valence-electron chi connectivity index (χ4n) is 4.95. The number of hydrogen-bond donors (Lipinski definition) is 1. The number of aliphatic hydroxyl groups is 1. The molecule has 1 aliphatic heterocycles. The zero-order chi connectivity index (χ0) is 20.9. The molecule has 3 atom stereocenters. The van der Waals surface area contributed by atoms with Gasteiger partial charge in [-0.05, 0) is 42.3 Å². The molecule has 1 saturated carbocycles. The molecule has 0 amide bonds. The summed E-state index contributed by atoms with van der Waals surface area (Å²) in [5.74, 6) is 0.483. The summed E-state index contributed by atoms with van der Waals surface area (Å²) in [5.41, 5.74) is -0.966. The maximum absolute atomic E-state index is 13.4. The fraction of sp³-hybridized carbons (Fsp3) is 0.240. The molecule has 4 nitrogen and oxygen atoms in total. The van der Waals surface area contributed by atoms with Gasteiger partial charge in [-0.1, -0.05) is 54.1 Å². The first-order valence-corrected chi connectivity index (χ1v) is 10.4. The number of ether oxygens (including phenoxy) is 2. The average molecular weight is 421 g/mol. The lowest BCUT2D eigenvalue weighted by molar-refractivity contribution is -0.151. The molecule has 0 radical (unpaired) electrons. The number of benzene rings is 3. The van der Waals surface area contributed by atoms with Crippen molar-refractivity contribution in [2.75, 3.05) is 6.61 Å². The summed E-state index contributed by atoms with van der Waals surface area (Å²) in [4.78, 5) is 13.4. The predicted molar refractivity (Wildman–Crippen MR) is 114 cm³/mol. The van der Waals surface area contributed by atoms with Crippen molar-refractivity contribution >= 4 is 17.4 Å². The molecule has 0 unspecified atom stereocenters. The van der Waals surface area contributed by atoms with Crippen LogP contribution in [0.2, 0.25) is 5.02 Å². The molecule has 3 aromatic carbocycles. The van der Waals surface area contributed by atoms with E-state index < -0.39 is 11.2 Å². The van der Waals surface area contributed by atoms with E-state index in [0.717, 1.165) is 5.56 Å². The van der Waals surface area contributed by atoms with Gasteiger partial charge in [-0.2, -0.15) is 0 Å². The van der Waals surface area contributed by atoms with Crippen LogP contribution in [0.4, 0.5) is 0 Å². The predicted octanol–water partition coefficient (Wildman–Crippen LogP) is 4.97. The fourth-order valence-corrected chi connectivity index (χ4v) is 5.08. The van der Waals surface area contributed by atoms with Crippen LogP contribution in [0.15, 0.2) is 72.8 Å². The van der Waals surface area contributed by atoms with Crippen LogP contribution in [0.5, 0.6) is 11.5 Å². The number of fused-ring (bicyclic) bond motifs is 3. The number of carbonyl (C=O) groups excluding carboxylic acids is 1. The summed E-state index contributed by atoms with van der Waals surface area (Å²) in [6.07, 6.45) is 0.176. The summed E-state index contributed by atoms with van der Waals surface area (Å²) in [5, 5.41) is 12.6. The van der Waals surface area contributed by atoms with E-state index in [-0.39, 0.29) is 18.1 Å². The lowest BCUT2D eigenvalue weighted by Gasteiger charge is -2.39. The number of rotatable bonds is 4. The van der Waals surface area contributed by atoms with Gasteiger partial charge in [0.2, 0.25) is 0 Å². The lowest BCUT2D eigenvalue weighted by Crippen LogP contribution is -2.50. The molecule has 30 heavy (non-hydrogen) atoms. The van der Waals surface area contributed by atoms with Crippen LogP contribution in [0, 0.1) is 0 Å². The van der Waals surface area contributed by atoms with Crippen LogP contribution in [0.25, 0.3) is 0 Å². The summed E-state index contributed by atoms with van der Waals surface area (Å²) < 4.78 is 12.2. The summed E-state index contributed by atoms with van der Waals surface area (Å²) in [6, 6.07) is 22.2. The first kappa shape index (κ1) is 19.2. The van der Waals surface area contributed by atoms with Gasteiger partial charge in [-0.15, -0.1) is 0 Å². The SMILES string of the molecule is CCOc1ccc2c(c1)O[C@@]1(c3ccc(Cl)cc3)[C@H](c3ccccc3)CC(=O)[C@@]21O. The molecule has 1 aliphatic carbocycles. The second-order valence-corrected chi connectivity index (χ2v) is 8.17. The van der Waals surface area contributed by atoms with Gasteiger partial charge in [0, 0.05) is 29.0 Å². The molecular formula is C25H21ClO4. The summed E-state index contributed by atoms with van der Waals surface area (Å²) in [6.45, 7) is 2.41. The van der Waals surface area contributed by atoms with Gasteiger partial charge in [0.1, 0.15) is 11.5 Å². The second kappa shape index (κ2) is 6.86. The Kier molecular flexibility index (Phi) is 4.38. The van der Waals surface area contributed by atoms with Gasteiger partial charge >= 0.3 is 0 Å². The van der Waals surface area contributed by atoms with Crippen LogP contribution in [0.1, 0.15) is 36.0 Å². The maximum Gasteiger partial charge on any atom is 0.196 e. The minimum absolute atomic E-state index is 0.176. The van der Waals surface area contributed by atoms with Crippen molar-refractivity contribution in [1.29, 1.82) is 0 Å². The Labute approximate surface area is 180 Å². The normalized spacial score (nSPS) is 26.8. The van der Waals surface area contributed by atoms with E-state index in [0.29, 0.717) is 34.3 Å². The van der Waals surface area contributed by atoms with Crippen LogP contribution in [0.3, 0.4) is 0 Å². The van der Waals surface area contributed by atoms with Crippen molar-refractivity contribution in [3.8, 4) is 11.5 Å². The van der Waals surface area contributed by atoms with Crippen molar-refractivity contribution in [2.45, 2.75) is 30.5 Å². The first-order valence-electron chi connectivity index (χ1n) is 10.0. The molecule has 0 aromatic heterocycles. The van der Waals surface area contributed by atoms with Crippen molar-refractivity contribution in [3.05, 3.63) is 94.5 Å². The lowest BCUT2D eigenvalue weighted by atomic mass is 9.71. The third-order valence-corrected chi connectivity index (χ3v) is 6.47. The Bertz CT molecular complexity index is 1110. The van der Waals surface area contributed by atoms with Crippen LogP contribution >= 0.6 is 11.6 Å². The van der Waals surface area contributed by atoms with Crippen molar-refractivity contribution in [2.24, 2.45) is 0 Å². The quantitative estimate of drug-likeness (QED) is 0.647. The molecule has 3 aromatic rings. The van der Waals surface area contributed by atoms with Gasteiger partial charge in [0.25, 0.3) is 0 Å². The number of carbonyl (C=O) groups is 1. The van der Waals surface area contributed by atoms with Crippen molar-refractivity contribution in [3.63, 3.8) is 0 Å². The zero-order valence-electron chi connectivity index (χ0n) is 16.5. The second-order valence-electron chi connectivity index (χ2n) is 7.74. The third kappa shape index (κ3) is 2.47. The number of hydrogen-bond acceptors (Lipinski definition) is 4. The number of Topliss-reactive ketones (excluding diaryl/α,β-unsaturated/α-hetero) is 1. The van der Waals surface area contributed by atoms with Gasteiger partial charge in [-0.25, -0.2) is 0 Å². The minimum Gasteiger partial charge on any atom is -0.494 e. The van der Waals surface area contributed by atoms with Crippen LogP contribution in [-0.2, 0) is 16.0 Å². The Balaban J connectivity index is 1.77. The Morgan fingerprint density at radius 3 is 2.53 bits per heavy atom. The molecular weight excluding hydrogens is 400 g/mol. The first-order chi connectivity index (χ1) is 14.5. The van der Waals surface area contributed by atoms with E-state index in [1.807, 2.05) is 49.4 Å². The highest BCUT2D eigenvalue weighted by Crippen LogP contribution is 2.65. The Hall–Kier alpha value is -2.82. The summed E-state index contributed by atoms with van der Waals surface area (Å²) >= 11 is 6.13. The highest BCUT2D eigenvalue weighted by atomic mass is 35.5. The number of ketones is 1. The van der Waals surface area contributed by atoms with E-state index in [9.17, 15) is 9.90 Å².